The largest absolute Gasteiger partial charge is 0.443 e. The second-order valence-corrected chi connectivity index (χ2v) is 6.30. The van der Waals surface area contributed by atoms with Crippen molar-refractivity contribution in [1.82, 2.24) is 5.48 Å². The van der Waals surface area contributed by atoms with E-state index in [0.717, 1.165) is 0 Å². The van der Waals surface area contributed by atoms with Crippen LogP contribution < -0.4 is 5.48 Å². The molecule has 1 aromatic rings. The van der Waals surface area contributed by atoms with Crippen molar-refractivity contribution >= 4 is 46.9 Å². The first-order valence-electron chi connectivity index (χ1n) is 5.55. The van der Waals surface area contributed by atoms with Crippen LogP contribution in [0.1, 0.15) is 11.1 Å². The van der Waals surface area contributed by atoms with Crippen LogP contribution in [-0.4, -0.2) is 22.5 Å². The van der Waals surface area contributed by atoms with Gasteiger partial charge in [-0.25, -0.2) is 9.59 Å². The standard InChI is InChI=1S/C13H10Cl3NO4/c1-2-9-3-5-10(6-4-9)7-11(18)21-17-12(19)20-8-13(14,15)16/h1,3-6H,7-8H2,(H,17,19). The summed E-state index contributed by atoms with van der Waals surface area (Å²) in [6.45, 7) is -0.478. The molecule has 1 N–H and O–H groups in total. The second kappa shape index (κ2) is 7.99. The molecule has 0 saturated carbocycles. The van der Waals surface area contributed by atoms with E-state index in [4.69, 9.17) is 41.2 Å². The van der Waals surface area contributed by atoms with Crippen molar-refractivity contribution in [1.29, 1.82) is 0 Å². The Bertz CT molecular complexity index is 546. The van der Waals surface area contributed by atoms with Gasteiger partial charge in [-0.2, -0.15) is 0 Å². The van der Waals surface area contributed by atoms with E-state index in [0.29, 0.717) is 11.1 Å². The van der Waals surface area contributed by atoms with Gasteiger partial charge in [-0.3, -0.25) is 0 Å². The van der Waals surface area contributed by atoms with Gasteiger partial charge >= 0.3 is 12.1 Å². The number of halogens is 3. The average Bonchev–Trinajstić information content (AvgIpc) is 2.43. The summed E-state index contributed by atoms with van der Waals surface area (Å²) in [4.78, 5) is 27.1. The molecule has 0 bridgehead atoms. The molecule has 8 heteroatoms. The summed E-state index contributed by atoms with van der Waals surface area (Å²) >= 11 is 16.1. The molecule has 112 valence electrons. The van der Waals surface area contributed by atoms with Gasteiger partial charge in [-0.15, -0.1) is 11.9 Å². The van der Waals surface area contributed by atoms with Crippen LogP contribution in [0.5, 0.6) is 0 Å². The molecule has 0 fully saturated rings. The summed E-state index contributed by atoms with van der Waals surface area (Å²) in [5.41, 5.74) is 3.15. The second-order valence-electron chi connectivity index (χ2n) is 3.79. The topological polar surface area (TPSA) is 64.6 Å². The van der Waals surface area contributed by atoms with Crippen molar-refractivity contribution in [3.8, 4) is 12.3 Å². The first-order chi connectivity index (χ1) is 9.80. The minimum Gasteiger partial charge on any atom is -0.443 e. The number of carbonyl (C=O) groups is 2. The first-order valence-corrected chi connectivity index (χ1v) is 6.68. The number of carbonyl (C=O) groups excluding carboxylic acids is 2. The molecule has 0 aliphatic heterocycles. The van der Waals surface area contributed by atoms with Crippen molar-refractivity contribution in [2.45, 2.75) is 10.2 Å². The number of alkyl halides is 3. The van der Waals surface area contributed by atoms with Gasteiger partial charge in [0.05, 0.1) is 6.42 Å². The molecule has 5 nitrogen and oxygen atoms in total. The summed E-state index contributed by atoms with van der Waals surface area (Å²) < 4.78 is 2.76. The van der Waals surface area contributed by atoms with E-state index in [2.05, 4.69) is 15.5 Å². The fourth-order valence-electron chi connectivity index (χ4n) is 1.20. The Labute approximate surface area is 136 Å². The van der Waals surface area contributed by atoms with Crippen LogP contribution in [0.3, 0.4) is 0 Å². The predicted octanol–water partition coefficient (Wildman–Crippen LogP) is 2.77. The molecule has 21 heavy (non-hydrogen) atoms. The van der Waals surface area contributed by atoms with Gasteiger partial charge < -0.3 is 9.57 Å². The zero-order chi connectivity index (χ0) is 15.9. The zero-order valence-corrected chi connectivity index (χ0v) is 12.8. The van der Waals surface area contributed by atoms with Gasteiger partial charge in [0.15, 0.2) is 0 Å². The van der Waals surface area contributed by atoms with Crippen LogP contribution >= 0.6 is 34.8 Å². The Morgan fingerprint density at radius 1 is 1.24 bits per heavy atom. The maximum Gasteiger partial charge on any atom is 0.440 e. The Morgan fingerprint density at radius 3 is 2.38 bits per heavy atom. The van der Waals surface area contributed by atoms with E-state index >= 15 is 0 Å². The maximum absolute atomic E-state index is 11.5. The number of rotatable bonds is 3. The average molecular weight is 351 g/mol. The number of ether oxygens (including phenoxy) is 1. The molecule has 0 heterocycles. The summed E-state index contributed by atoms with van der Waals surface area (Å²) in [6, 6.07) is 6.73. The van der Waals surface area contributed by atoms with Crippen molar-refractivity contribution in [2.24, 2.45) is 0 Å². The van der Waals surface area contributed by atoms with Crippen LogP contribution in [0, 0.1) is 12.3 Å². The highest BCUT2D eigenvalue weighted by Crippen LogP contribution is 2.25. The molecule has 1 amide bonds. The Balaban J connectivity index is 2.33. The third-order valence-corrected chi connectivity index (χ3v) is 2.41. The van der Waals surface area contributed by atoms with Gasteiger partial charge in [0.25, 0.3) is 0 Å². The maximum atomic E-state index is 11.5. The summed E-state index contributed by atoms with van der Waals surface area (Å²) in [5.74, 6) is 1.77. The smallest absolute Gasteiger partial charge is 0.440 e. The predicted molar refractivity (Wildman–Crippen MR) is 78.9 cm³/mol. The number of amides is 1. The number of benzene rings is 1. The monoisotopic (exact) mass is 349 g/mol. The molecular formula is C13H10Cl3NO4. The normalized spacial score (nSPS) is 10.4. The van der Waals surface area contributed by atoms with Crippen molar-refractivity contribution < 1.29 is 19.2 Å². The highest BCUT2D eigenvalue weighted by molar-refractivity contribution is 6.67. The lowest BCUT2D eigenvalue weighted by atomic mass is 10.1. The van der Waals surface area contributed by atoms with Crippen LogP contribution in [0.4, 0.5) is 4.79 Å². The van der Waals surface area contributed by atoms with E-state index < -0.39 is 22.5 Å². The van der Waals surface area contributed by atoms with Crippen LogP contribution in [0.2, 0.25) is 0 Å². The summed E-state index contributed by atoms with van der Waals surface area (Å²) in [6.07, 6.45) is 4.12. The van der Waals surface area contributed by atoms with Crippen LogP contribution in [-0.2, 0) is 20.8 Å². The van der Waals surface area contributed by atoms with E-state index in [1.54, 1.807) is 29.7 Å². The van der Waals surface area contributed by atoms with E-state index in [-0.39, 0.29) is 6.42 Å². The van der Waals surface area contributed by atoms with Gasteiger partial charge in [0.2, 0.25) is 3.79 Å². The molecule has 0 spiro atoms. The van der Waals surface area contributed by atoms with Crippen molar-refractivity contribution in [3.05, 3.63) is 35.4 Å². The zero-order valence-electron chi connectivity index (χ0n) is 10.6. The Kier molecular flexibility index (Phi) is 6.63. The number of hydrogen-bond donors (Lipinski definition) is 1. The van der Waals surface area contributed by atoms with E-state index in [9.17, 15) is 9.59 Å². The fourth-order valence-corrected chi connectivity index (χ4v) is 1.36. The molecule has 0 saturated heterocycles. The van der Waals surface area contributed by atoms with Crippen molar-refractivity contribution in [3.63, 3.8) is 0 Å². The molecular weight excluding hydrogens is 341 g/mol. The van der Waals surface area contributed by atoms with Gasteiger partial charge in [-0.1, -0.05) is 52.9 Å². The lowest BCUT2D eigenvalue weighted by Gasteiger charge is -2.11. The summed E-state index contributed by atoms with van der Waals surface area (Å²) in [5, 5.41) is 0. The van der Waals surface area contributed by atoms with Gasteiger partial charge in [-0.05, 0) is 17.7 Å². The molecule has 1 aromatic carbocycles. The molecule has 0 aliphatic carbocycles. The highest BCUT2D eigenvalue weighted by Gasteiger charge is 2.22. The van der Waals surface area contributed by atoms with Crippen LogP contribution in [0.15, 0.2) is 24.3 Å². The third-order valence-electron chi connectivity index (χ3n) is 2.08. The Morgan fingerprint density at radius 2 is 1.86 bits per heavy atom. The Hall–Kier alpha value is -1.61. The van der Waals surface area contributed by atoms with Gasteiger partial charge in [0.1, 0.15) is 6.61 Å². The fraction of sp³-hybridized carbons (Fsp3) is 0.231. The molecule has 0 atom stereocenters. The lowest BCUT2D eigenvalue weighted by Crippen LogP contribution is -2.30. The minimum absolute atomic E-state index is 0.0460. The molecule has 1 rings (SSSR count). The summed E-state index contributed by atoms with van der Waals surface area (Å²) in [7, 11) is 0. The highest BCUT2D eigenvalue weighted by atomic mass is 35.6. The lowest BCUT2D eigenvalue weighted by molar-refractivity contribution is -0.148. The van der Waals surface area contributed by atoms with Gasteiger partial charge in [0, 0.05) is 5.56 Å². The van der Waals surface area contributed by atoms with Crippen LogP contribution in [0.25, 0.3) is 0 Å². The number of hydroxylamine groups is 1. The number of hydrogen-bond acceptors (Lipinski definition) is 4. The number of nitrogens with one attached hydrogen (secondary N) is 1. The molecule has 0 unspecified atom stereocenters. The third kappa shape index (κ3) is 7.66. The van der Waals surface area contributed by atoms with Crippen molar-refractivity contribution in [2.75, 3.05) is 6.61 Å². The minimum atomic E-state index is -1.74. The number of terminal acetylenes is 1. The molecule has 0 aliphatic rings. The van der Waals surface area contributed by atoms with E-state index in [1.807, 2.05) is 0 Å². The SMILES string of the molecule is C#Cc1ccc(CC(=O)ONC(=O)OCC(Cl)(Cl)Cl)cc1. The molecule has 0 radical (unpaired) electrons. The van der Waals surface area contributed by atoms with E-state index in [1.165, 1.54) is 0 Å². The molecule has 0 aromatic heterocycles. The first kappa shape index (κ1) is 17.4. The quantitative estimate of drug-likeness (QED) is 0.517.